The third-order valence-electron chi connectivity index (χ3n) is 2.48. The molecule has 0 fully saturated rings. The summed E-state index contributed by atoms with van der Waals surface area (Å²) < 4.78 is 55.7. The van der Waals surface area contributed by atoms with E-state index in [4.69, 9.17) is 10.5 Å². The molecular formula is C11H12F4N2O2. The Labute approximate surface area is 106 Å². The zero-order valence-electron chi connectivity index (χ0n) is 10.1. The zero-order valence-corrected chi connectivity index (χ0v) is 10.1. The molecule has 0 aliphatic carbocycles. The highest BCUT2D eigenvalue weighted by molar-refractivity contribution is 5.98. The van der Waals surface area contributed by atoms with Crippen molar-refractivity contribution in [1.29, 1.82) is 0 Å². The molecule has 0 saturated carbocycles. The molecule has 0 aromatic heterocycles. The van der Waals surface area contributed by atoms with Crippen molar-refractivity contribution in [3.63, 3.8) is 0 Å². The van der Waals surface area contributed by atoms with Crippen molar-refractivity contribution in [3.05, 3.63) is 24.0 Å². The molecule has 0 saturated heterocycles. The number of carbonyl (C=O) groups is 1. The molecule has 1 rings (SSSR count). The van der Waals surface area contributed by atoms with Crippen molar-refractivity contribution < 1.29 is 27.1 Å². The van der Waals surface area contributed by atoms with Crippen LogP contribution in [0, 0.1) is 5.82 Å². The third-order valence-corrected chi connectivity index (χ3v) is 2.48. The lowest BCUT2D eigenvalue weighted by Gasteiger charge is -2.26. The lowest BCUT2D eigenvalue weighted by atomic mass is 10.0. The summed E-state index contributed by atoms with van der Waals surface area (Å²) in [4.78, 5) is 11.5. The van der Waals surface area contributed by atoms with Crippen LogP contribution in [0.15, 0.2) is 18.2 Å². The number of nitrogens with two attached hydrogens (primary N) is 1. The van der Waals surface area contributed by atoms with Crippen LogP contribution in [-0.2, 0) is 4.79 Å². The fraction of sp³-hybridized carbons (Fsp3) is 0.364. The second kappa shape index (κ2) is 5.04. The molecule has 19 heavy (non-hydrogen) atoms. The molecule has 1 aromatic rings. The molecule has 0 aliphatic rings. The van der Waals surface area contributed by atoms with Crippen LogP contribution in [0.4, 0.5) is 23.2 Å². The summed E-state index contributed by atoms with van der Waals surface area (Å²) in [6.07, 6.45) is -4.95. The minimum atomic E-state index is -4.95. The van der Waals surface area contributed by atoms with Gasteiger partial charge in [0, 0.05) is 6.07 Å². The minimum absolute atomic E-state index is 0.183. The fourth-order valence-electron chi connectivity index (χ4n) is 1.11. The first-order valence-corrected chi connectivity index (χ1v) is 5.10. The Kier molecular flexibility index (Phi) is 4.04. The number of amides is 1. The summed E-state index contributed by atoms with van der Waals surface area (Å²) in [5.41, 5.74) is 1.35. The van der Waals surface area contributed by atoms with Crippen LogP contribution in [0.2, 0.25) is 0 Å². The maximum absolute atomic E-state index is 13.4. The number of alkyl halides is 3. The molecule has 3 N–H and O–H groups in total. The summed E-state index contributed by atoms with van der Waals surface area (Å²) >= 11 is 0. The zero-order chi connectivity index (χ0) is 14.8. The number of benzene rings is 1. The first kappa shape index (κ1) is 15.2. The number of hydrogen-bond acceptors (Lipinski definition) is 3. The van der Waals surface area contributed by atoms with Gasteiger partial charge in [-0.25, -0.2) is 4.39 Å². The molecule has 0 aliphatic heterocycles. The molecule has 1 aromatic carbocycles. The Morgan fingerprint density at radius 3 is 2.42 bits per heavy atom. The average molecular weight is 280 g/mol. The predicted octanol–water partition coefficient (Wildman–Crippen LogP) is 2.05. The van der Waals surface area contributed by atoms with E-state index in [1.165, 1.54) is 13.2 Å². The summed E-state index contributed by atoms with van der Waals surface area (Å²) in [5.74, 6) is -2.28. The SMILES string of the molecule is COc1ccc(F)c(NC(=O)C(C)(N)C(F)(F)F)c1. The first-order valence-electron chi connectivity index (χ1n) is 5.10. The summed E-state index contributed by atoms with van der Waals surface area (Å²) in [6.45, 7) is 0.500. The molecule has 1 amide bonds. The topological polar surface area (TPSA) is 64.3 Å². The smallest absolute Gasteiger partial charge is 0.415 e. The van der Waals surface area contributed by atoms with Gasteiger partial charge in [-0.15, -0.1) is 0 Å². The van der Waals surface area contributed by atoms with Gasteiger partial charge in [-0.3, -0.25) is 4.79 Å². The van der Waals surface area contributed by atoms with E-state index >= 15 is 0 Å². The second-order valence-electron chi connectivity index (χ2n) is 4.00. The summed E-state index contributed by atoms with van der Waals surface area (Å²) in [7, 11) is 1.29. The number of rotatable bonds is 3. The maximum Gasteiger partial charge on any atom is 0.415 e. The molecule has 106 valence electrons. The molecular weight excluding hydrogens is 268 g/mol. The van der Waals surface area contributed by atoms with Gasteiger partial charge in [-0.1, -0.05) is 0 Å². The maximum atomic E-state index is 13.4. The largest absolute Gasteiger partial charge is 0.497 e. The molecule has 0 spiro atoms. The van der Waals surface area contributed by atoms with Gasteiger partial charge in [0.05, 0.1) is 12.8 Å². The van der Waals surface area contributed by atoms with Crippen molar-refractivity contribution in [3.8, 4) is 5.75 Å². The number of carbonyl (C=O) groups excluding carboxylic acids is 1. The van der Waals surface area contributed by atoms with E-state index in [0.29, 0.717) is 6.92 Å². The van der Waals surface area contributed by atoms with Gasteiger partial charge in [-0.2, -0.15) is 13.2 Å². The van der Waals surface area contributed by atoms with Gasteiger partial charge in [-0.05, 0) is 19.1 Å². The average Bonchev–Trinajstić information content (AvgIpc) is 2.30. The summed E-state index contributed by atoms with van der Waals surface area (Å²) in [5, 5.41) is 1.79. The van der Waals surface area contributed by atoms with Crippen LogP contribution in [-0.4, -0.2) is 24.7 Å². The molecule has 0 bridgehead atoms. The van der Waals surface area contributed by atoms with Crippen molar-refractivity contribution in [2.75, 3.05) is 12.4 Å². The molecule has 1 atom stereocenters. The lowest BCUT2D eigenvalue weighted by Crippen LogP contribution is -2.59. The fourth-order valence-corrected chi connectivity index (χ4v) is 1.11. The van der Waals surface area contributed by atoms with Crippen LogP contribution in [0.25, 0.3) is 0 Å². The van der Waals surface area contributed by atoms with Crippen molar-refractivity contribution in [1.82, 2.24) is 0 Å². The van der Waals surface area contributed by atoms with E-state index in [2.05, 4.69) is 0 Å². The van der Waals surface area contributed by atoms with Crippen LogP contribution >= 0.6 is 0 Å². The first-order chi connectivity index (χ1) is 8.59. The van der Waals surface area contributed by atoms with Crippen molar-refractivity contribution in [2.45, 2.75) is 18.6 Å². The highest BCUT2D eigenvalue weighted by atomic mass is 19.4. The Hall–Kier alpha value is -1.83. The van der Waals surface area contributed by atoms with Crippen molar-refractivity contribution >= 4 is 11.6 Å². The molecule has 4 nitrogen and oxygen atoms in total. The van der Waals surface area contributed by atoms with E-state index in [1.807, 2.05) is 0 Å². The Bertz CT molecular complexity index is 486. The normalized spacial score (nSPS) is 14.7. The highest BCUT2D eigenvalue weighted by Gasteiger charge is 2.54. The van der Waals surface area contributed by atoms with E-state index < -0.39 is 29.1 Å². The van der Waals surface area contributed by atoms with E-state index in [-0.39, 0.29) is 5.75 Å². The second-order valence-corrected chi connectivity index (χ2v) is 4.00. The van der Waals surface area contributed by atoms with Crippen LogP contribution in [0.5, 0.6) is 5.75 Å². The number of halogens is 4. The number of nitrogens with one attached hydrogen (secondary N) is 1. The van der Waals surface area contributed by atoms with Crippen LogP contribution in [0.3, 0.4) is 0 Å². The van der Waals surface area contributed by atoms with Gasteiger partial charge in [0.25, 0.3) is 5.91 Å². The lowest BCUT2D eigenvalue weighted by molar-refractivity contribution is -0.184. The van der Waals surface area contributed by atoms with Gasteiger partial charge in [0.2, 0.25) is 0 Å². The van der Waals surface area contributed by atoms with E-state index in [0.717, 1.165) is 12.1 Å². The van der Waals surface area contributed by atoms with E-state index in [9.17, 15) is 22.4 Å². The Morgan fingerprint density at radius 2 is 1.95 bits per heavy atom. The Morgan fingerprint density at radius 1 is 1.37 bits per heavy atom. The van der Waals surface area contributed by atoms with Gasteiger partial charge in [0.15, 0.2) is 5.54 Å². The number of ether oxygens (including phenoxy) is 1. The Balaban J connectivity index is 3.00. The van der Waals surface area contributed by atoms with E-state index in [1.54, 1.807) is 5.32 Å². The number of hydrogen-bond donors (Lipinski definition) is 2. The number of anilines is 1. The van der Waals surface area contributed by atoms with Crippen molar-refractivity contribution in [2.24, 2.45) is 5.73 Å². The monoisotopic (exact) mass is 280 g/mol. The predicted molar refractivity (Wildman–Crippen MR) is 60.2 cm³/mol. The molecule has 8 heteroatoms. The standard InChI is InChI=1S/C11H12F4N2O2/c1-10(16,11(13,14)15)9(18)17-8-5-6(19-2)3-4-7(8)12/h3-5H,16H2,1-2H3,(H,17,18). The van der Waals surface area contributed by atoms with Gasteiger partial charge < -0.3 is 15.8 Å². The minimum Gasteiger partial charge on any atom is -0.497 e. The summed E-state index contributed by atoms with van der Waals surface area (Å²) in [6, 6.07) is 3.27. The van der Waals surface area contributed by atoms with Gasteiger partial charge >= 0.3 is 6.18 Å². The molecule has 1 unspecified atom stereocenters. The highest BCUT2D eigenvalue weighted by Crippen LogP contribution is 2.30. The third kappa shape index (κ3) is 3.14. The molecule has 0 radical (unpaired) electrons. The number of methoxy groups -OCH3 is 1. The quantitative estimate of drug-likeness (QED) is 0.833. The van der Waals surface area contributed by atoms with Gasteiger partial charge in [0.1, 0.15) is 11.6 Å². The van der Waals surface area contributed by atoms with Crippen LogP contribution < -0.4 is 15.8 Å². The van der Waals surface area contributed by atoms with Crippen LogP contribution in [0.1, 0.15) is 6.92 Å². The molecule has 0 heterocycles.